The van der Waals surface area contributed by atoms with Crippen LogP contribution < -0.4 is 5.32 Å². The van der Waals surface area contributed by atoms with E-state index in [1.807, 2.05) is 17.0 Å². The number of nitrogens with zero attached hydrogens (tertiary/aromatic N) is 5. The summed E-state index contributed by atoms with van der Waals surface area (Å²) in [5, 5.41) is 13.7. The number of fused-ring (bicyclic) bond motifs is 1. The average Bonchev–Trinajstić information content (AvgIpc) is 2.84. The lowest BCUT2D eigenvalue weighted by Crippen LogP contribution is -2.55. The molecule has 0 atom stereocenters. The second-order valence-electron chi connectivity index (χ2n) is 9.56. The van der Waals surface area contributed by atoms with Crippen LogP contribution in [0.5, 0.6) is 0 Å². The normalized spacial score (nSPS) is 22.5. The van der Waals surface area contributed by atoms with Gasteiger partial charge >= 0.3 is 0 Å². The molecular weight excluding hydrogens is 407 g/mol. The number of piperazine rings is 1. The fourth-order valence-electron chi connectivity index (χ4n) is 4.80. The molecule has 0 spiro atoms. The molecule has 1 aromatic carbocycles. The molecule has 2 aliphatic rings. The summed E-state index contributed by atoms with van der Waals surface area (Å²) >= 11 is 0. The zero-order valence-electron chi connectivity index (χ0n) is 18.9. The first kappa shape index (κ1) is 22.4. The van der Waals surface area contributed by atoms with Gasteiger partial charge in [-0.2, -0.15) is 5.26 Å². The number of hydrogen-bond acceptors (Lipinski definition) is 6. The Labute approximate surface area is 188 Å². The monoisotopic (exact) mass is 438 g/mol. The summed E-state index contributed by atoms with van der Waals surface area (Å²) in [5.41, 5.74) is 0.510. The van der Waals surface area contributed by atoms with Gasteiger partial charge in [0, 0.05) is 43.6 Å². The number of aromatic nitrogens is 2. The number of nitrogens with one attached hydrogen (secondary N) is 1. The van der Waals surface area contributed by atoms with Crippen molar-refractivity contribution in [2.24, 2.45) is 5.41 Å². The summed E-state index contributed by atoms with van der Waals surface area (Å²) < 4.78 is 13.2. The van der Waals surface area contributed by atoms with Crippen molar-refractivity contribution in [2.45, 2.75) is 51.6 Å². The van der Waals surface area contributed by atoms with E-state index >= 15 is 0 Å². The van der Waals surface area contributed by atoms with Crippen LogP contribution in [-0.4, -0.2) is 70.6 Å². The standard InChI is InChI=1S/C24H31FN6O/c1-24(2,15-25)23(32)31-11-9-30(10-12-31)19-6-4-18(5-7-19)29-22-20-13-17(14-26)3-8-21(20)27-16-28-22/h3,8,13,16,18-19H,4-7,9-12,15H2,1-2H3,(H,27,28,29). The first-order chi connectivity index (χ1) is 15.4. The quantitative estimate of drug-likeness (QED) is 0.771. The third-order valence-corrected chi connectivity index (χ3v) is 6.83. The van der Waals surface area contributed by atoms with Crippen molar-refractivity contribution in [3.63, 3.8) is 0 Å². The van der Waals surface area contributed by atoms with Gasteiger partial charge in [0.1, 0.15) is 18.8 Å². The number of hydrogen-bond donors (Lipinski definition) is 1. The molecule has 1 N–H and O–H groups in total. The molecule has 2 aromatic rings. The first-order valence-electron chi connectivity index (χ1n) is 11.4. The molecule has 0 radical (unpaired) electrons. The molecule has 32 heavy (non-hydrogen) atoms. The zero-order valence-corrected chi connectivity index (χ0v) is 18.9. The number of anilines is 1. The number of rotatable bonds is 5. The molecule has 0 bridgehead atoms. The number of halogens is 1. The highest BCUT2D eigenvalue weighted by Gasteiger charge is 2.35. The van der Waals surface area contributed by atoms with Crippen LogP contribution in [0.25, 0.3) is 10.9 Å². The van der Waals surface area contributed by atoms with Crippen molar-refractivity contribution >= 4 is 22.6 Å². The molecule has 1 amide bonds. The molecule has 1 aromatic heterocycles. The van der Waals surface area contributed by atoms with Gasteiger partial charge in [-0.1, -0.05) is 0 Å². The predicted molar refractivity (Wildman–Crippen MR) is 122 cm³/mol. The van der Waals surface area contributed by atoms with Crippen molar-refractivity contribution < 1.29 is 9.18 Å². The number of carbonyl (C=O) groups excluding carboxylic acids is 1. The minimum atomic E-state index is -0.926. The van der Waals surface area contributed by atoms with Crippen LogP contribution in [0.1, 0.15) is 45.1 Å². The summed E-state index contributed by atoms with van der Waals surface area (Å²) in [6.45, 7) is 5.79. The van der Waals surface area contributed by atoms with Gasteiger partial charge in [0.05, 0.1) is 22.6 Å². The second-order valence-corrected chi connectivity index (χ2v) is 9.56. The summed E-state index contributed by atoms with van der Waals surface area (Å²) in [7, 11) is 0. The minimum Gasteiger partial charge on any atom is -0.367 e. The highest BCUT2D eigenvalue weighted by molar-refractivity contribution is 5.89. The van der Waals surface area contributed by atoms with Crippen LogP contribution in [0.3, 0.4) is 0 Å². The lowest BCUT2D eigenvalue weighted by atomic mass is 9.89. The van der Waals surface area contributed by atoms with Gasteiger partial charge in [0.15, 0.2) is 0 Å². The lowest BCUT2D eigenvalue weighted by molar-refractivity contribution is -0.143. The molecule has 1 aliphatic heterocycles. The minimum absolute atomic E-state index is 0.0795. The van der Waals surface area contributed by atoms with Crippen LogP contribution in [0.15, 0.2) is 24.5 Å². The van der Waals surface area contributed by atoms with E-state index < -0.39 is 12.1 Å². The number of carbonyl (C=O) groups is 1. The van der Waals surface area contributed by atoms with Crippen LogP contribution >= 0.6 is 0 Å². The van der Waals surface area contributed by atoms with E-state index in [-0.39, 0.29) is 5.91 Å². The highest BCUT2D eigenvalue weighted by atomic mass is 19.1. The third-order valence-electron chi connectivity index (χ3n) is 6.83. The van der Waals surface area contributed by atoms with Gasteiger partial charge in [-0.05, 0) is 57.7 Å². The number of alkyl halides is 1. The maximum atomic E-state index is 13.2. The lowest BCUT2D eigenvalue weighted by Gasteiger charge is -2.43. The van der Waals surface area contributed by atoms with Crippen molar-refractivity contribution in [2.75, 3.05) is 38.2 Å². The third kappa shape index (κ3) is 4.68. The SMILES string of the molecule is CC(C)(CF)C(=O)N1CCN(C2CCC(Nc3ncnc4ccc(C#N)cc34)CC2)CC1. The fraction of sp³-hybridized carbons (Fsp3) is 0.583. The van der Waals surface area contributed by atoms with E-state index in [1.54, 1.807) is 26.2 Å². The van der Waals surface area contributed by atoms with Crippen molar-refractivity contribution in [1.29, 1.82) is 5.26 Å². The smallest absolute Gasteiger partial charge is 0.230 e. The summed E-state index contributed by atoms with van der Waals surface area (Å²) in [6.07, 6.45) is 5.83. The number of amides is 1. The molecule has 2 fully saturated rings. The summed E-state index contributed by atoms with van der Waals surface area (Å²) in [4.78, 5) is 25.6. The molecule has 1 saturated carbocycles. The average molecular weight is 439 g/mol. The van der Waals surface area contributed by atoms with Gasteiger partial charge in [-0.25, -0.2) is 14.4 Å². The van der Waals surface area contributed by atoms with Crippen molar-refractivity contribution in [3.05, 3.63) is 30.1 Å². The topological polar surface area (TPSA) is 85.2 Å². The van der Waals surface area contributed by atoms with Crippen molar-refractivity contribution in [1.82, 2.24) is 19.8 Å². The van der Waals surface area contributed by atoms with E-state index in [0.717, 1.165) is 55.5 Å². The van der Waals surface area contributed by atoms with Crippen LogP contribution in [-0.2, 0) is 4.79 Å². The largest absolute Gasteiger partial charge is 0.367 e. The summed E-state index contributed by atoms with van der Waals surface area (Å²) in [5.74, 6) is 0.711. The Morgan fingerprint density at radius 3 is 2.56 bits per heavy atom. The molecule has 1 saturated heterocycles. The van der Waals surface area contributed by atoms with Gasteiger partial charge in [-0.3, -0.25) is 9.69 Å². The zero-order chi connectivity index (χ0) is 22.7. The number of benzene rings is 1. The van der Waals surface area contributed by atoms with Gasteiger partial charge in [0.2, 0.25) is 5.91 Å². The van der Waals surface area contributed by atoms with E-state index in [2.05, 4.69) is 26.3 Å². The van der Waals surface area contributed by atoms with Crippen LogP contribution in [0.4, 0.5) is 10.2 Å². The van der Waals surface area contributed by atoms with Gasteiger partial charge < -0.3 is 10.2 Å². The summed E-state index contributed by atoms with van der Waals surface area (Å²) in [6, 6.07) is 8.51. The molecule has 4 rings (SSSR count). The molecule has 8 heteroatoms. The Bertz CT molecular complexity index is 1000. The van der Waals surface area contributed by atoms with Crippen LogP contribution in [0.2, 0.25) is 0 Å². The molecule has 170 valence electrons. The van der Waals surface area contributed by atoms with E-state index in [9.17, 15) is 14.4 Å². The Kier molecular flexibility index (Phi) is 6.56. The van der Waals surface area contributed by atoms with E-state index in [0.29, 0.717) is 30.7 Å². The Morgan fingerprint density at radius 2 is 1.91 bits per heavy atom. The molecular formula is C24H31FN6O. The predicted octanol–water partition coefficient (Wildman–Crippen LogP) is 3.36. The maximum absolute atomic E-state index is 13.2. The Hall–Kier alpha value is -2.79. The molecule has 2 heterocycles. The Balaban J connectivity index is 1.31. The van der Waals surface area contributed by atoms with Gasteiger partial charge in [-0.15, -0.1) is 0 Å². The Morgan fingerprint density at radius 1 is 1.19 bits per heavy atom. The maximum Gasteiger partial charge on any atom is 0.230 e. The molecule has 1 aliphatic carbocycles. The second kappa shape index (κ2) is 9.37. The number of nitriles is 1. The first-order valence-corrected chi connectivity index (χ1v) is 11.4. The van der Waals surface area contributed by atoms with Crippen molar-refractivity contribution in [3.8, 4) is 6.07 Å². The highest BCUT2D eigenvalue weighted by Crippen LogP contribution is 2.29. The van der Waals surface area contributed by atoms with Crippen LogP contribution in [0, 0.1) is 16.7 Å². The molecule has 7 nitrogen and oxygen atoms in total. The fourth-order valence-corrected chi connectivity index (χ4v) is 4.80. The molecule has 0 unspecified atom stereocenters. The van der Waals surface area contributed by atoms with E-state index in [1.165, 1.54) is 0 Å². The van der Waals surface area contributed by atoms with Gasteiger partial charge in [0.25, 0.3) is 0 Å². The van der Waals surface area contributed by atoms with E-state index in [4.69, 9.17) is 0 Å².